The number of ether oxygens (including phenoxy) is 1. The van der Waals surface area contributed by atoms with Crippen LogP contribution in [0.2, 0.25) is 0 Å². The van der Waals surface area contributed by atoms with Crippen molar-refractivity contribution in [1.82, 2.24) is 9.97 Å². The lowest BCUT2D eigenvalue weighted by Gasteiger charge is -2.27. The van der Waals surface area contributed by atoms with Gasteiger partial charge in [0.15, 0.2) is 0 Å². The van der Waals surface area contributed by atoms with Gasteiger partial charge in [0.05, 0.1) is 7.11 Å². The van der Waals surface area contributed by atoms with Crippen molar-refractivity contribution >= 4 is 5.82 Å². The van der Waals surface area contributed by atoms with Gasteiger partial charge in [-0.2, -0.15) is 4.98 Å². The molecule has 0 spiro atoms. The quantitative estimate of drug-likeness (QED) is 0.831. The van der Waals surface area contributed by atoms with Gasteiger partial charge in [0.2, 0.25) is 5.88 Å². The highest BCUT2D eigenvalue weighted by molar-refractivity contribution is 5.39. The number of aromatic nitrogens is 2. The van der Waals surface area contributed by atoms with Crippen LogP contribution in [0.25, 0.3) is 0 Å². The lowest BCUT2D eigenvalue weighted by Crippen LogP contribution is -2.33. The number of nitrogens with zero attached hydrogens (tertiary/aromatic N) is 2. The van der Waals surface area contributed by atoms with E-state index in [1.807, 2.05) is 13.0 Å². The van der Waals surface area contributed by atoms with Crippen LogP contribution in [0.15, 0.2) is 6.07 Å². The summed E-state index contributed by atoms with van der Waals surface area (Å²) in [5.41, 5.74) is 5.89. The molecule has 1 saturated carbocycles. The standard InChI is InChI=1S/C12H20N4O/c1-8-14-11(7-12(15-8)17-2)16-10-5-3-9(13)4-6-10/h7,9-10H,3-6,13H2,1-2H3,(H,14,15,16). The monoisotopic (exact) mass is 236 g/mol. The van der Waals surface area contributed by atoms with Crippen molar-refractivity contribution in [2.75, 3.05) is 12.4 Å². The fourth-order valence-corrected chi connectivity index (χ4v) is 2.19. The molecule has 1 aliphatic carbocycles. The number of rotatable bonds is 3. The normalized spacial score (nSPS) is 24.4. The predicted octanol–water partition coefficient (Wildman–Crippen LogP) is 1.48. The van der Waals surface area contributed by atoms with E-state index in [1.165, 1.54) is 0 Å². The van der Waals surface area contributed by atoms with Crippen LogP contribution in [0.3, 0.4) is 0 Å². The molecule has 94 valence electrons. The second-order valence-corrected chi connectivity index (χ2v) is 4.60. The molecular weight excluding hydrogens is 216 g/mol. The Morgan fingerprint density at radius 2 is 2.00 bits per heavy atom. The molecule has 1 aliphatic rings. The minimum atomic E-state index is 0.370. The number of nitrogens with one attached hydrogen (secondary N) is 1. The molecule has 5 heteroatoms. The Bertz CT molecular complexity index is 375. The van der Waals surface area contributed by atoms with Gasteiger partial charge in [-0.05, 0) is 32.6 Å². The molecule has 1 aromatic rings. The molecule has 17 heavy (non-hydrogen) atoms. The van der Waals surface area contributed by atoms with E-state index < -0.39 is 0 Å². The van der Waals surface area contributed by atoms with Crippen molar-refractivity contribution in [2.45, 2.75) is 44.7 Å². The second kappa shape index (κ2) is 5.31. The largest absolute Gasteiger partial charge is 0.481 e. The zero-order chi connectivity index (χ0) is 12.3. The number of nitrogens with two attached hydrogens (primary N) is 1. The van der Waals surface area contributed by atoms with Crippen LogP contribution in [0, 0.1) is 6.92 Å². The fraction of sp³-hybridized carbons (Fsp3) is 0.667. The Labute approximate surface area is 102 Å². The Morgan fingerprint density at radius 1 is 1.29 bits per heavy atom. The summed E-state index contributed by atoms with van der Waals surface area (Å²) < 4.78 is 5.13. The summed E-state index contributed by atoms with van der Waals surface area (Å²) in [6.07, 6.45) is 4.37. The van der Waals surface area contributed by atoms with Crippen molar-refractivity contribution in [3.8, 4) is 5.88 Å². The molecule has 0 amide bonds. The summed E-state index contributed by atoms with van der Waals surface area (Å²) in [6, 6.07) is 2.67. The first kappa shape index (κ1) is 12.1. The van der Waals surface area contributed by atoms with Crippen molar-refractivity contribution in [3.63, 3.8) is 0 Å². The van der Waals surface area contributed by atoms with Crippen LogP contribution in [-0.2, 0) is 0 Å². The van der Waals surface area contributed by atoms with Crippen LogP contribution < -0.4 is 15.8 Å². The molecule has 0 radical (unpaired) electrons. The van der Waals surface area contributed by atoms with E-state index in [0.29, 0.717) is 18.0 Å². The van der Waals surface area contributed by atoms with Gasteiger partial charge in [0.25, 0.3) is 0 Å². The number of methoxy groups -OCH3 is 1. The first-order valence-corrected chi connectivity index (χ1v) is 6.09. The van der Waals surface area contributed by atoms with Crippen LogP contribution >= 0.6 is 0 Å². The average molecular weight is 236 g/mol. The molecule has 0 saturated heterocycles. The summed E-state index contributed by atoms with van der Waals surface area (Å²) in [7, 11) is 1.62. The molecule has 1 heterocycles. The van der Waals surface area contributed by atoms with Gasteiger partial charge in [0.1, 0.15) is 11.6 Å². The lowest BCUT2D eigenvalue weighted by molar-refractivity contribution is 0.394. The summed E-state index contributed by atoms with van der Waals surface area (Å²) in [5, 5.41) is 3.43. The Morgan fingerprint density at radius 3 is 2.65 bits per heavy atom. The third kappa shape index (κ3) is 3.30. The summed E-state index contributed by atoms with van der Waals surface area (Å²) in [6.45, 7) is 1.87. The third-order valence-corrected chi connectivity index (χ3v) is 3.15. The van der Waals surface area contributed by atoms with E-state index in [2.05, 4.69) is 15.3 Å². The van der Waals surface area contributed by atoms with Gasteiger partial charge in [-0.1, -0.05) is 0 Å². The summed E-state index contributed by atoms with van der Waals surface area (Å²) >= 11 is 0. The highest BCUT2D eigenvalue weighted by atomic mass is 16.5. The number of hydrogen-bond donors (Lipinski definition) is 2. The maximum absolute atomic E-state index is 5.89. The van der Waals surface area contributed by atoms with Crippen LogP contribution in [0.4, 0.5) is 5.82 Å². The van der Waals surface area contributed by atoms with E-state index in [1.54, 1.807) is 7.11 Å². The third-order valence-electron chi connectivity index (χ3n) is 3.15. The topological polar surface area (TPSA) is 73.1 Å². The molecule has 0 unspecified atom stereocenters. The first-order valence-electron chi connectivity index (χ1n) is 6.09. The van der Waals surface area contributed by atoms with Crippen molar-refractivity contribution in [2.24, 2.45) is 5.73 Å². The number of aryl methyl sites for hydroxylation is 1. The zero-order valence-corrected chi connectivity index (χ0v) is 10.4. The van der Waals surface area contributed by atoms with Crippen LogP contribution in [0.1, 0.15) is 31.5 Å². The predicted molar refractivity (Wildman–Crippen MR) is 67.2 cm³/mol. The summed E-state index contributed by atoms with van der Waals surface area (Å²) in [5.74, 6) is 2.17. The molecule has 0 atom stereocenters. The van der Waals surface area contributed by atoms with E-state index in [4.69, 9.17) is 10.5 Å². The molecule has 0 aromatic carbocycles. The van der Waals surface area contributed by atoms with E-state index in [9.17, 15) is 0 Å². The van der Waals surface area contributed by atoms with E-state index in [-0.39, 0.29) is 0 Å². The summed E-state index contributed by atoms with van der Waals surface area (Å²) in [4.78, 5) is 8.53. The van der Waals surface area contributed by atoms with Crippen molar-refractivity contribution < 1.29 is 4.74 Å². The van der Waals surface area contributed by atoms with E-state index in [0.717, 1.165) is 37.3 Å². The molecular formula is C12H20N4O. The molecule has 0 aliphatic heterocycles. The molecule has 1 fully saturated rings. The first-order chi connectivity index (χ1) is 8.17. The van der Waals surface area contributed by atoms with Gasteiger partial charge in [-0.3, -0.25) is 0 Å². The molecule has 2 rings (SSSR count). The second-order valence-electron chi connectivity index (χ2n) is 4.60. The Balaban J connectivity index is 2.00. The highest BCUT2D eigenvalue weighted by Crippen LogP contribution is 2.21. The molecule has 1 aromatic heterocycles. The van der Waals surface area contributed by atoms with Gasteiger partial charge in [-0.25, -0.2) is 4.98 Å². The molecule has 0 bridgehead atoms. The van der Waals surface area contributed by atoms with Crippen LogP contribution in [0.5, 0.6) is 5.88 Å². The average Bonchev–Trinajstić information content (AvgIpc) is 2.31. The number of anilines is 1. The van der Waals surface area contributed by atoms with Crippen molar-refractivity contribution in [3.05, 3.63) is 11.9 Å². The maximum atomic E-state index is 5.89. The smallest absolute Gasteiger partial charge is 0.218 e. The Hall–Kier alpha value is -1.36. The molecule has 5 nitrogen and oxygen atoms in total. The van der Waals surface area contributed by atoms with E-state index >= 15 is 0 Å². The fourth-order valence-electron chi connectivity index (χ4n) is 2.19. The Kier molecular flexibility index (Phi) is 3.78. The lowest BCUT2D eigenvalue weighted by atomic mass is 9.92. The minimum Gasteiger partial charge on any atom is -0.481 e. The van der Waals surface area contributed by atoms with Gasteiger partial charge >= 0.3 is 0 Å². The maximum Gasteiger partial charge on any atom is 0.218 e. The zero-order valence-electron chi connectivity index (χ0n) is 10.4. The number of hydrogen-bond acceptors (Lipinski definition) is 5. The highest BCUT2D eigenvalue weighted by Gasteiger charge is 2.18. The van der Waals surface area contributed by atoms with Gasteiger partial charge < -0.3 is 15.8 Å². The van der Waals surface area contributed by atoms with Crippen molar-refractivity contribution in [1.29, 1.82) is 0 Å². The SMILES string of the molecule is COc1cc(NC2CCC(N)CC2)nc(C)n1. The van der Waals surface area contributed by atoms with Crippen LogP contribution in [-0.4, -0.2) is 29.2 Å². The van der Waals surface area contributed by atoms with Gasteiger partial charge in [-0.15, -0.1) is 0 Å². The minimum absolute atomic E-state index is 0.370. The van der Waals surface area contributed by atoms with Gasteiger partial charge in [0, 0.05) is 18.2 Å². The molecule has 3 N–H and O–H groups in total.